The van der Waals surface area contributed by atoms with E-state index in [2.05, 4.69) is 490 Å². The molecule has 21 aromatic carbocycles. The fourth-order valence-corrected chi connectivity index (χ4v) is 23.2. The highest BCUT2D eigenvalue weighted by atomic mass is 15.1. The van der Waals surface area contributed by atoms with Crippen molar-refractivity contribution in [1.29, 1.82) is 0 Å². The van der Waals surface area contributed by atoms with Gasteiger partial charge in [-0.05, 0) is 280 Å². The van der Waals surface area contributed by atoms with Crippen molar-refractivity contribution in [2.75, 3.05) is 4.90 Å². The molecule has 26 aromatic rings. The van der Waals surface area contributed by atoms with Gasteiger partial charge in [0.2, 0.25) is 0 Å². The molecule has 0 atom stereocenters. The summed E-state index contributed by atoms with van der Waals surface area (Å²) in [6, 6.07) is 166. The summed E-state index contributed by atoms with van der Waals surface area (Å²) in [6.07, 6.45) is 0. The topological polar surface area (TPSA) is 27.9 Å². The molecule has 610 valence electrons. The molecule has 0 amide bonds. The lowest BCUT2D eigenvalue weighted by atomic mass is 9.82. The largest absolute Gasteiger partial charge is 0.310 e. The van der Waals surface area contributed by atoms with Gasteiger partial charge in [0.25, 0.3) is 0 Å². The molecule has 0 saturated carbocycles. The summed E-state index contributed by atoms with van der Waals surface area (Å²) >= 11 is 0. The van der Waals surface area contributed by atoms with Crippen molar-refractivity contribution < 1.29 is 0 Å². The van der Waals surface area contributed by atoms with E-state index in [9.17, 15) is 0 Å². The Kier molecular flexibility index (Phi) is 15.6. The zero-order valence-electron chi connectivity index (χ0n) is 71.9. The van der Waals surface area contributed by atoms with Gasteiger partial charge in [0.05, 0.1) is 55.2 Å². The van der Waals surface area contributed by atoms with E-state index in [0.29, 0.717) is 0 Å². The Morgan fingerprint density at radius 3 is 0.924 bits per heavy atom. The first-order chi connectivity index (χ1) is 64.8. The third-order valence-electron chi connectivity index (χ3n) is 29.0. The molecule has 3 aliphatic rings. The van der Waals surface area contributed by atoms with E-state index in [4.69, 9.17) is 0 Å². The van der Waals surface area contributed by atoms with E-state index < -0.39 is 0 Å². The lowest BCUT2D eigenvalue weighted by molar-refractivity contribution is 0.660. The normalized spacial score (nSPS) is 12.7. The highest BCUT2D eigenvalue weighted by Gasteiger charge is 2.37. The van der Waals surface area contributed by atoms with E-state index in [-0.39, 0.29) is 5.41 Å². The number of hydrogen-bond acceptors (Lipinski definition) is 1. The SMILES string of the molecule is CC1(C)c2ccccc2-c2ccc(N(c3ccccc3)c3ccc(-c4ccc(-n5c6cccc7c6c6c8c(cccc8ccc65)-c5cc6c8ccccc8n(-c8ccccc8)c6cc5-7)cc4)cc3)cc21.c1ccc(-n2c3ccccc3c3cc4c(cc32)-c2cccc3c2c2c5c-4cccc5ccc2n3-c2ccc(-c3ccc(-n4c5ccccc5c5ccccc54)cc3)cc2)cc1. The Labute approximate surface area is 755 Å². The van der Waals surface area contributed by atoms with Gasteiger partial charge in [0.1, 0.15) is 0 Å². The molecule has 0 radical (unpaired) electrons. The predicted octanol–water partition coefficient (Wildman–Crippen LogP) is 33.6. The molecule has 29 rings (SSSR count). The van der Waals surface area contributed by atoms with Crippen molar-refractivity contribution in [2.24, 2.45) is 0 Å². The smallest absolute Gasteiger partial charge is 0.0547 e. The Hall–Kier alpha value is -17.1. The van der Waals surface area contributed by atoms with E-state index >= 15 is 0 Å². The van der Waals surface area contributed by atoms with Crippen LogP contribution in [-0.4, -0.2) is 22.8 Å². The van der Waals surface area contributed by atoms with Crippen LogP contribution < -0.4 is 4.90 Å². The van der Waals surface area contributed by atoms with Crippen LogP contribution in [0.2, 0.25) is 0 Å². The van der Waals surface area contributed by atoms with E-state index in [1.165, 1.54) is 231 Å². The lowest BCUT2D eigenvalue weighted by Crippen LogP contribution is -2.16. The van der Waals surface area contributed by atoms with Gasteiger partial charge in [-0.2, -0.15) is 0 Å². The number of hydrogen-bond donors (Lipinski definition) is 0. The van der Waals surface area contributed by atoms with Crippen molar-refractivity contribution in [3.63, 3.8) is 0 Å². The second kappa shape index (κ2) is 28.0. The molecule has 0 spiro atoms. The van der Waals surface area contributed by atoms with Crippen molar-refractivity contribution >= 4 is 148 Å². The quantitative estimate of drug-likeness (QED) is 0.134. The molecule has 3 aliphatic carbocycles. The van der Waals surface area contributed by atoms with E-state index in [1.807, 2.05) is 0 Å². The Bertz CT molecular complexity index is 9270. The van der Waals surface area contributed by atoms with Crippen molar-refractivity contribution in [2.45, 2.75) is 19.3 Å². The second-order valence-corrected chi connectivity index (χ2v) is 36.1. The summed E-state index contributed by atoms with van der Waals surface area (Å²) in [6.45, 7) is 4.70. The number of benzene rings is 21. The zero-order valence-corrected chi connectivity index (χ0v) is 71.9. The third kappa shape index (κ3) is 10.7. The van der Waals surface area contributed by atoms with Crippen molar-refractivity contribution in [3.05, 3.63) is 460 Å². The zero-order chi connectivity index (χ0) is 86.0. The standard InChI is InChI=1S/C67H45N3.C58H35N3/c1-67(2)58-24-11-9-20-50(58)51-37-36-49(39-59(51)67)68(45-16-5-3-6-17-45)47-32-27-42(28-33-47)43-29-34-48(35-30-43)70-61-26-14-23-54-56-41-63-57(52-21-10-12-25-60(52)69(63)46-18-7-4-8-19-46)40-55(56)53-22-13-15-44-31-38-62(70)66(64(44)53)65(54)61;1-2-13-39(14-3-1)60-52-22-9-6-17-44(52)49-34-47-45-18-10-12-38-28-33-54-58(56(38)45)57-46(48(47)35-55(49)60)19-11-23-53(57)61(54)41-31-26-37(27-32-41)36-24-29-40(30-25-36)59-50-20-7-4-15-42(50)43-16-5-8-21-51(43)59/h3-41H,1-2H3;1-35H. The van der Waals surface area contributed by atoms with Gasteiger partial charge < -0.3 is 27.7 Å². The molecule has 6 heteroatoms. The van der Waals surface area contributed by atoms with Crippen LogP contribution in [-0.2, 0) is 5.41 Å². The second-order valence-electron chi connectivity index (χ2n) is 36.1. The van der Waals surface area contributed by atoms with Crippen molar-refractivity contribution in [1.82, 2.24) is 22.8 Å². The van der Waals surface area contributed by atoms with Crippen LogP contribution in [0.5, 0.6) is 0 Å². The van der Waals surface area contributed by atoms with Crippen molar-refractivity contribution in [3.8, 4) is 106 Å². The van der Waals surface area contributed by atoms with Crippen LogP contribution in [0, 0.1) is 0 Å². The minimum atomic E-state index is -0.0847. The van der Waals surface area contributed by atoms with Gasteiger partial charge in [-0.3, -0.25) is 0 Å². The van der Waals surface area contributed by atoms with Gasteiger partial charge >= 0.3 is 0 Å². The third-order valence-corrected chi connectivity index (χ3v) is 29.0. The molecule has 131 heavy (non-hydrogen) atoms. The number of para-hydroxylation sites is 7. The number of anilines is 3. The number of fused-ring (bicyclic) bond motifs is 18. The summed E-state index contributed by atoms with van der Waals surface area (Å²) in [7, 11) is 0. The molecular formula is C125H80N6. The number of rotatable bonds is 10. The highest BCUT2D eigenvalue weighted by molar-refractivity contribution is 6.33. The maximum absolute atomic E-state index is 2.48. The molecule has 0 unspecified atom stereocenters. The first-order valence-electron chi connectivity index (χ1n) is 45.5. The highest BCUT2D eigenvalue weighted by Crippen LogP contribution is 2.56. The Morgan fingerprint density at radius 2 is 0.473 bits per heavy atom. The first-order valence-corrected chi connectivity index (χ1v) is 45.5. The summed E-state index contributed by atoms with van der Waals surface area (Å²) in [4.78, 5) is 2.39. The monoisotopic (exact) mass is 1660 g/mol. The van der Waals surface area contributed by atoms with Crippen LogP contribution in [0.15, 0.2) is 449 Å². The molecule has 6 nitrogen and oxygen atoms in total. The summed E-state index contributed by atoms with van der Waals surface area (Å²) in [5.41, 5.74) is 41.7. The average Bonchev–Trinajstić information content (AvgIpc) is 1.53. The molecule has 0 bridgehead atoms. The van der Waals surface area contributed by atoms with Crippen LogP contribution >= 0.6 is 0 Å². The Balaban J connectivity index is 0.000000133. The average molecular weight is 1670 g/mol. The van der Waals surface area contributed by atoms with Crippen LogP contribution in [0.25, 0.3) is 237 Å². The maximum Gasteiger partial charge on any atom is 0.0547 e. The molecule has 0 saturated heterocycles. The molecule has 5 heterocycles. The van der Waals surface area contributed by atoms with Crippen LogP contribution in [0.3, 0.4) is 0 Å². The summed E-state index contributed by atoms with van der Waals surface area (Å²) < 4.78 is 12.2. The lowest BCUT2D eigenvalue weighted by Gasteiger charge is -2.28. The molecular weight excluding hydrogens is 1590 g/mol. The minimum Gasteiger partial charge on any atom is -0.310 e. The molecule has 0 aliphatic heterocycles. The molecule has 0 N–H and O–H groups in total. The number of nitrogens with zero attached hydrogens (tertiary/aromatic N) is 6. The maximum atomic E-state index is 2.48. The van der Waals surface area contributed by atoms with Gasteiger partial charge in [0, 0.05) is 105 Å². The van der Waals surface area contributed by atoms with Crippen LogP contribution in [0.4, 0.5) is 17.1 Å². The minimum absolute atomic E-state index is 0.0847. The number of aromatic nitrogens is 5. The fourth-order valence-electron chi connectivity index (χ4n) is 23.2. The van der Waals surface area contributed by atoms with E-state index in [0.717, 1.165) is 34.1 Å². The molecule has 0 fully saturated rings. The summed E-state index contributed by atoms with van der Waals surface area (Å²) in [5.74, 6) is 0. The van der Waals surface area contributed by atoms with Gasteiger partial charge in [-0.15, -0.1) is 0 Å². The predicted molar refractivity (Wildman–Crippen MR) is 552 cm³/mol. The molecule has 5 aromatic heterocycles. The fraction of sp³-hybridized carbons (Fsp3) is 0.0240. The van der Waals surface area contributed by atoms with Gasteiger partial charge in [-0.1, -0.05) is 293 Å². The van der Waals surface area contributed by atoms with E-state index in [1.54, 1.807) is 0 Å². The Morgan fingerprint density at radius 1 is 0.168 bits per heavy atom. The first kappa shape index (κ1) is 73.2. The summed E-state index contributed by atoms with van der Waals surface area (Å²) in [5, 5.41) is 18.0. The van der Waals surface area contributed by atoms with Gasteiger partial charge in [0.15, 0.2) is 0 Å². The van der Waals surface area contributed by atoms with Gasteiger partial charge in [-0.25, -0.2) is 0 Å². The van der Waals surface area contributed by atoms with Crippen LogP contribution in [0.1, 0.15) is 25.0 Å².